The average Bonchev–Trinajstić information content (AvgIpc) is 3.23. The first kappa shape index (κ1) is 15.7. The molecule has 0 bridgehead atoms. The normalized spacial score (nSPS) is 15.5. The Balaban J connectivity index is 1.37. The highest BCUT2D eigenvalue weighted by atomic mass is 16.3. The van der Waals surface area contributed by atoms with Crippen molar-refractivity contribution in [2.24, 2.45) is 0 Å². The van der Waals surface area contributed by atoms with Crippen molar-refractivity contribution < 1.29 is 9.21 Å². The molecule has 6 heteroatoms. The van der Waals surface area contributed by atoms with E-state index >= 15 is 0 Å². The van der Waals surface area contributed by atoms with Crippen LogP contribution in [0.4, 0.5) is 5.95 Å². The van der Waals surface area contributed by atoms with Crippen LogP contribution in [-0.4, -0.2) is 47.0 Å². The van der Waals surface area contributed by atoms with Crippen LogP contribution in [0.25, 0.3) is 11.0 Å². The second-order valence-corrected chi connectivity index (χ2v) is 6.38. The quantitative estimate of drug-likeness (QED) is 0.794. The highest BCUT2D eigenvalue weighted by molar-refractivity contribution is 5.78. The lowest BCUT2D eigenvalue weighted by Gasteiger charge is -2.21. The molecule has 0 saturated carbocycles. The van der Waals surface area contributed by atoms with Gasteiger partial charge in [-0.1, -0.05) is 12.1 Å². The molecule has 1 aliphatic heterocycles. The maximum absolute atomic E-state index is 12.5. The minimum absolute atomic E-state index is 0.197. The van der Waals surface area contributed by atoms with E-state index in [-0.39, 0.29) is 5.91 Å². The Hall–Kier alpha value is -2.76. The van der Waals surface area contributed by atoms with Gasteiger partial charge in [0.1, 0.15) is 5.76 Å². The number of rotatable bonds is 4. The largest absolute Gasteiger partial charge is 0.469 e. The van der Waals surface area contributed by atoms with Crippen LogP contribution in [0.3, 0.4) is 0 Å². The van der Waals surface area contributed by atoms with Crippen LogP contribution in [0.5, 0.6) is 0 Å². The van der Waals surface area contributed by atoms with Gasteiger partial charge in [-0.25, -0.2) is 4.98 Å². The summed E-state index contributed by atoms with van der Waals surface area (Å²) in [4.78, 5) is 24.7. The van der Waals surface area contributed by atoms with Crippen molar-refractivity contribution in [1.82, 2.24) is 14.9 Å². The first-order valence-electron chi connectivity index (χ1n) is 8.79. The first-order valence-corrected chi connectivity index (χ1v) is 8.79. The molecule has 1 amide bonds. The zero-order valence-corrected chi connectivity index (χ0v) is 14.1. The maximum Gasteiger partial charge on any atom is 0.223 e. The number of aryl methyl sites for hydroxylation is 1. The summed E-state index contributed by atoms with van der Waals surface area (Å²) in [5.41, 5.74) is 2.03. The second kappa shape index (κ2) is 7.01. The topological polar surface area (TPSA) is 65.4 Å². The molecule has 6 nitrogen and oxygen atoms in total. The van der Waals surface area contributed by atoms with Gasteiger partial charge in [-0.3, -0.25) is 4.79 Å². The van der Waals surface area contributed by atoms with Crippen molar-refractivity contribution in [2.45, 2.75) is 19.3 Å². The van der Waals surface area contributed by atoms with Gasteiger partial charge in [-0.2, -0.15) is 0 Å². The number of H-pyrrole nitrogens is 1. The van der Waals surface area contributed by atoms with Gasteiger partial charge in [0.25, 0.3) is 0 Å². The highest BCUT2D eigenvalue weighted by Gasteiger charge is 2.21. The maximum atomic E-state index is 12.5. The van der Waals surface area contributed by atoms with Crippen LogP contribution < -0.4 is 4.90 Å². The third kappa shape index (κ3) is 3.52. The van der Waals surface area contributed by atoms with Crippen LogP contribution in [0.1, 0.15) is 18.6 Å². The summed E-state index contributed by atoms with van der Waals surface area (Å²) in [5.74, 6) is 1.96. The summed E-state index contributed by atoms with van der Waals surface area (Å²) >= 11 is 0. The van der Waals surface area contributed by atoms with Crippen molar-refractivity contribution in [3.8, 4) is 0 Å². The van der Waals surface area contributed by atoms with Crippen LogP contribution in [0.15, 0.2) is 47.1 Å². The van der Waals surface area contributed by atoms with Crippen LogP contribution in [0, 0.1) is 0 Å². The first-order chi connectivity index (χ1) is 12.3. The number of aromatic nitrogens is 2. The number of carbonyl (C=O) groups excluding carboxylic acids is 1. The van der Waals surface area contributed by atoms with Crippen molar-refractivity contribution >= 4 is 22.9 Å². The minimum atomic E-state index is 0.197. The van der Waals surface area contributed by atoms with E-state index < -0.39 is 0 Å². The van der Waals surface area contributed by atoms with E-state index in [9.17, 15) is 4.79 Å². The Morgan fingerprint density at radius 2 is 2.04 bits per heavy atom. The molecule has 25 heavy (non-hydrogen) atoms. The number of amides is 1. The number of carbonyl (C=O) groups is 1. The molecule has 1 fully saturated rings. The van der Waals surface area contributed by atoms with Crippen LogP contribution >= 0.6 is 0 Å². The fraction of sp³-hybridized carbons (Fsp3) is 0.368. The van der Waals surface area contributed by atoms with E-state index in [1.54, 1.807) is 6.26 Å². The molecule has 1 aromatic carbocycles. The molecule has 0 radical (unpaired) electrons. The Morgan fingerprint density at radius 3 is 2.88 bits per heavy atom. The number of hydrogen-bond donors (Lipinski definition) is 1. The average molecular weight is 338 g/mol. The van der Waals surface area contributed by atoms with Gasteiger partial charge in [0.2, 0.25) is 11.9 Å². The molecule has 0 atom stereocenters. The number of hydrogen-bond acceptors (Lipinski definition) is 4. The molecule has 4 rings (SSSR count). The van der Waals surface area contributed by atoms with Crippen molar-refractivity contribution in [2.75, 3.05) is 31.1 Å². The fourth-order valence-corrected chi connectivity index (χ4v) is 3.31. The zero-order chi connectivity index (χ0) is 17.1. The lowest BCUT2D eigenvalue weighted by molar-refractivity contribution is -0.131. The third-order valence-electron chi connectivity index (χ3n) is 4.69. The molecule has 3 aromatic rings. The lowest BCUT2D eigenvalue weighted by Crippen LogP contribution is -2.35. The summed E-state index contributed by atoms with van der Waals surface area (Å²) in [5, 5.41) is 0. The Morgan fingerprint density at radius 1 is 1.12 bits per heavy atom. The number of para-hydroxylation sites is 2. The van der Waals surface area contributed by atoms with Gasteiger partial charge in [-0.15, -0.1) is 0 Å². The van der Waals surface area contributed by atoms with E-state index in [1.807, 2.05) is 41.3 Å². The lowest BCUT2D eigenvalue weighted by atomic mass is 10.2. The molecule has 1 N–H and O–H groups in total. The van der Waals surface area contributed by atoms with E-state index in [0.717, 1.165) is 55.3 Å². The molecular weight excluding hydrogens is 316 g/mol. The Bertz CT molecular complexity index is 807. The van der Waals surface area contributed by atoms with E-state index in [0.29, 0.717) is 12.8 Å². The summed E-state index contributed by atoms with van der Waals surface area (Å²) < 4.78 is 5.31. The van der Waals surface area contributed by atoms with Crippen LogP contribution in [0.2, 0.25) is 0 Å². The molecule has 1 aliphatic rings. The number of aromatic amines is 1. The van der Waals surface area contributed by atoms with Crippen molar-refractivity contribution in [3.63, 3.8) is 0 Å². The van der Waals surface area contributed by atoms with Gasteiger partial charge in [-0.05, 0) is 30.7 Å². The number of nitrogens with one attached hydrogen (secondary N) is 1. The zero-order valence-electron chi connectivity index (χ0n) is 14.1. The van der Waals surface area contributed by atoms with E-state index in [2.05, 4.69) is 14.9 Å². The minimum Gasteiger partial charge on any atom is -0.469 e. The smallest absolute Gasteiger partial charge is 0.223 e. The standard InChI is InChI=1S/C19H22N4O2/c24-18(9-8-15-5-3-14-25-15)22-10-4-11-23(13-12-22)19-20-16-6-1-2-7-17(16)21-19/h1-3,5-7,14H,4,8-13H2,(H,20,21). The van der Waals surface area contributed by atoms with Gasteiger partial charge in [0.05, 0.1) is 17.3 Å². The molecule has 0 unspecified atom stereocenters. The molecule has 3 heterocycles. The van der Waals surface area contributed by atoms with E-state index in [4.69, 9.17) is 4.42 Å². The second-order valence-electron chi connectivity index (χ2n) is 6.38. The van der Waals surface area contributed by atoms with Gasteiger partial charge in [0.15, 0.2) is 0 Å². The van der Waals surface area contributed by atoms with Crippen molar-refractivity contribution in [1.29, 1.82) is 0 Å². The van der Waals surface area contributed by atoms with Gasteiger partial charge in [0, 0.05) is 39.0 Å². The summed E-state index contributed by atoms with van der Waals surface area (Å²) in [6, 6.07) is 11.8. The highest BCUT2D eigenvalue weighted by Crippen LogP contribution is 2.18. The number of anilines is 1. The number of nitrogens with zero attached hydrogens (tertiary/aromatic N) is 3. The monoisotopic (exact) mass is 338 g/mol. The molecule has 1 saturated heterocycles. The fourth-order valence-electron chi connectivity index (χ4n) is 3.31. The van der Waals surface area contributed by atoms with Crippen LogP contribution in [-0.2, 0) is 11.2 Å². The molecule has 0 spiro atoms. The molecule has 2 aromatic heterocycles. The summed E-state index contributed by atoms with van der Waals surface area (Å²) in [7, 11) is 0. The Labute approximate surface area is 146 Å². The summed E-state index contributed by atoms with van der Waals surface area (Å²) in [6.45, 7) is 3.23. The molecule has 0 aliphatic carbocycles. The number of fused-ring (bicyclic) bond motifs is 1. The number of imidazole rings is 1. The number of furan rings is 1. The predicted molar refractivity (Wildman–Crippen MR) is 96.5 cm³/mol. The Kier molecular flexibility index (Phi) is 4.41. The predicted octanol–water partition coefficient (Wildman–Crippen LogP) is 2.83. The molecule has 130 valence electrons. The SMILES string of the molecule is O=C(CCc1ccco1)N1CCCN(c2nc3ccccc3[nH]2)CC1. The van der Waals surface area contributed by atoms with E-state index in [1.165, 1.54) is 0 Å². The summed E-state index contributed by atoms with van der Waals surface area (Å²) in [6.07, 6.45) is 3.76. The number of benzene rings is 1. The third-order valence-corrected chi connectivity index (χ3v) is 4.69. The van der Waals surface area contributed by atoms with Crippen molar-refractivity contribution in [3.05, 3.63) is 48.4 Å². The molecular formula is C19H22N4O2. The van der Waals surface area contributed by atoms with Gasteiger partial charge < -0.3 is 19.2 Å². The van der Waals surface area contributed by atoms with Gasteiger partial charge >= 0.3 is 0 Å².